The van der Waals surface area contributed by atoms with E-state index in [1.54, 1.807) is 6.92 Å². The van der Waals surface area contributed by atoms with E-state index in [0.29, 0.717) is 0 Å². The lowest BCUT2D eigenvalue weighted by Gasteiger charge is -2.29. The first-order valence-corrected chi connectivity index (χ1v) is 6.02. The maximum atomic E-state index is 11.4. The highest BCUT2D eigenvalue weighted by Gasteiger charge is 2.27. The van der Waals surface area contributed by atoms with E-state index in [0.717, 1.165) is 6.42 Å². The third-order valence-corrected chi connectivity index (χ3v) is 3.03. The fourth-order valence-corrected chi connectivity index (χ4v) is 1.31. The summed E-state index contributed by atoms with van der Waals surface area (Å²) < 4.78 is 0. The predicted octanol–water partition coefficient (Wildman–Crippen LogP) is 0.0392. The molecule has 2 amide bonds. The van der Waals surface area contributed by atoms with Gasteiger partial charge in [0.15, 0.2) is 0 Å². The van der Waals surface area contributed by atoms with Crippen LogP contribution in [0.25, 0.3) is 0 Å². The van der Waals surface area contributed by atoms with Gasteiger partial charge in [-0.05, 0) is 12.8 Å². The van der Waals surface area contributed by atoms with E-state index in [9.17, 15) is 14.7 Å². The Labute approximate surface area is 108 Å². The first-order valence-electron chi connectivity index (χ1n) is 6.02. The topological polar surface area (TPSA) is 78.4 Å². The molecular weight excluding hydrogens is 232 g/mol. The van der Waals surface area contributed by atoms with Crippen molar-refractivity contribution in [1.82, 2.24) is 10.6 Å². The number of carbonyl (C=O) groups is 2. The molecule has 0 saturated heterocycles. The zero-order valence-electron chi connectivity index (χ0n) is 11.2. The highest BCUT2D eigenvalue weighted by atomic mass is 16.3. The van der Waals surface area contributed by atoms with Crippen LogP contribution in [0.1, 0.15) is 33.6 Å². The SMILES string of the molecule is C#CCNC(=O)CC(=O)NCC(C)(O)C(C)CC. The third kappa shape index (κ3) is 6.26. The number of amides is 2. The van der Waals surface area contributed by atoms with Crippen LogP contribution in [0.2, 0.25) is 0 Å². The minimum Gasteiger partial charge on any atom is -0.388 e. The van der Waals surface area contributed by atoms with Crippen LogP contribution in [-0.4, -0.2) is 35.6 Å². The van der Waals surface area contributed by atoms with Gasteiger partial charge in [-0.3, -0.25) is 9.59 Å². The van der Waals surface area contributed by atoms with E-state index < -0.39 is 17.4 Å². The molecule has 0 aromatic rings. The smallest absolute Gasteiger partial charge is 0.230 e. The van der Waals surface area contributed by atoms with Crippen molar-refractivity contribution in [2.75, 3.05) is 13.1 Å². The molecule has 18 heavy (non-hydrogen) atoms. The highest BCUT2D eigenvalue weighted by Crippen LogP contribution is 2.18. The molecule has 5 heteroatoms. The number of aliphatic hydroxyl groups is 1. The van der Waals surface area contributed by atoms with E-state index in [4.69, 9.17) is 6.42 Å². The van der Waals surface area contributed by atoms with E-state index >= 15 is 0 Å². The van der Waals surface area contributed by atoms with Gasteiger partial charge in [0.25, 0.3) is 0 Å². The summed E-state index contributed by atoms with van der Waals surface area (Å²) in [6.45, 7) is 5.78. The van der Waals surface area contributed by atoms with Gasteiger partial charge in [-0.1, -0.05) is 26.2 Å². The van der Waals surface area contributed by atoms with Crippen LogP contribution in [0.15, 0.2) is 0 Å². The zero-order chi connectivity index (χ0) is 14.2. The van der Waals surface area contributed by atoms with Crippen molar-refractivity contribution in [1.29, 1.82) is 0 Å². The lowest BCUT2D eigenvalue weighted by atomic mass is 9.88. The molecule has 0 aliphatic heterocycles. The van der Waals surface area contributed by atoms with Gasteiger partial charge in [0.1, 0.15) is 6.42 Å². The molecule has 0 aliphatic rings. The number of hydrogen-bond acceptors (Lipinski definition) is 3. The molecule has 0 saturated carbocycles. The summed E-state index contributed by atoms with van der Waals surface area (Å²) >= 11 is 0. The standard InChI is InChI=1S/C13H22N2O3/c1-5-7-14-11(16)8-12(17)15-9-13(4,18)10(3)6-2/h1,10,18H,6-9H2,2-4H3,(H,14,16)(H,15,17). The predicted molar refractivity (Wildman–Crippen MR) is 69.5 cm³/mol. The second-order valence-electron chi connectivity index (χ2n) is 4.60. The number of rotatable bonds is 7. The van der Waals surface area contributed by atoms with Gasteiger partial charge in [0, 0.05) is 6.54 Å². The molecule has 0 aromatic heterocycles. The van der Waals surface area contributed by atoms with Gasteiger partial charge >= 0.3 is 0 Å². The molecule has 0 radical (unpaired) electrons. The average molecular weight is 254 g/mol. The second-order valence-corrected chi connectivity index (χ2v) is 4.60. The number of terminal acetylenes is 1. The van der Waals surface area contributed by atoms with Gasteiger partial charge in [-0.25, -0.2) is 0 Å². The summed E-state index contributed by atoms with van der Waals surface area (Å²) in [5.74, 6) is 1.46. The van der Waals surface area contributed by atoms with E-state index in [1.807, 2.05) is 13.8 Å². The Morgan fingerprint density at radius 1 is 1.39 bits per heavy atom. The number of carbonyl (C=O) groups excluding carboxylic acids is 2. The molecule has 2 atom stereocenters. The van der Waals surface area contributed by atoms with E-state index in [1.165, 1.54) is 0 Å². The summed E-state index contributed by atoms with van der Waals surface area (Å²) in [5.41, 5.74) is -0.973. The number of hydrogen-bond donors (Lipinski definition) is 3. The van der Waals surface area contributed by atoms with Gasteiger partial charge in [0.2, 0.25) is 11.8 Å². The van der Waals surface area contributed by atoms with Crippen molar-refractivity contribution in [2.45, 2.75) is 39.2 Å². The largest absolute Gasteiger partial charge is 0.388 e. The molecule has 0 fully saturated rings. The molecule has 0 bridgehead atoms. The van der Waals surface area contributed by atoms with Crippen molar-refractivity contribution >= 4 is 11.8 Å². The van der Waals surface area contributed by atoms with Crippen molar-refractivity contribution in [3.8, 4) is 12.3 Å². The van der Waals surface area contributed by atoms with Crippen LogP contribution >= 0.6 is 0 Å². The quantitative estimate of drug-likeness (QED) is 0.443. The summed E-state index contributed by atoms with van der Waals surface area (Å²) in [5, 5.41) is 15.0. The first kappa shape index (κ1) is 16.5. The fraction of sp³-hybridized carbons (Fsp3) is 0.692. The van der Waals surface area contributed by atoms with Crippen LogP contribution in [0.4, 0.5) is 0 Å². The summed E-state index contributed by atoms with van der Waals surface area (Å²) in [7, 11) is 0. The van der Waals surface area contributed by atoms with Gasteiger partial charge in [-0.15, -0.1) is 6.42 Å². The second kappa shape index (κ2) is 7.72. The Hall–Kier alpha value is -1.54. The maximum absolute atomic E-state index is 11.4. The minimum atomic E-state index is -0.973. The molecule has 0 heterocycles. The maximum Gasteiger partial charge on any atom is 0.230 e. The summed E-state index contributed by atoms with van der Waals surface area (Å²) in [6, 6.07) is 0. The Balaban J connectivity index is 4.04. The Morgan fingerprint density at radius 2 is 1.94 bits per heavy atom. The molecule has 0 aliphatic carbocycles. The molecule has 3 N–H and O–H groups in total. The third-order valence-electron chi connectivity index (χ3n) is 3.03. The van der Waals surface area contributed by atoms with E-state index in [-0.39, 0.29) is 25.4 Å². The van der Waals surface area contributed by atoms with Crippen molar-refractivity contribution < 1.29 is 14.7 Å². The van der Waals surface area contributed by atoms with Gasteiger partial charge in [0.05, 0.1) is 12.1 Å². The number of nitrogens with one attached hydrogen (secondary N) is 2. The van der Waals surface area contributed by atoms with Crippen LogP contribution in [-0.2, 0) is 9.59 Å². The van der Waals surface area contributed by atoms with Crippen LogP contribution in [0.3, 0.4) is 0 Å². The minimum absolute atomic E-state index is 0.0630. The molecule has 102 valence electrons. The van der Waals surface area contributed by atoms with Crippen molar-refractivity contribution in [3.63, 3.8) is 0 Å². The fourth-order valence-electron chi connectivity index (χ4n) is 1.31. The highest BCUT2D eigenvalue weighted by molar-refractivity contribution is 5.96. The summed E-state index contributed by atoms with van der Waals surface area (Å²) in [4.78, 5) is 22.6. The molecule has 0 spiro atoms. The monoisotopic (exact) mass is 254 g/mol. The zero-order valence-corrected chi connectivity index (χ0v) is 11.2. The Bertz CT molecular complexity index is 332. The molecule has 0 rings (SSSR count). The first-order chi connectivity index (χ1) is 8.33. The molecule has 0 aromatic carbocycles. The van der Waals surface area contributed by atoms with Crippen LogP contribution < -0.4 is 10.6 Å². The lowest BCUT2D eigenvalue weighted by Crippen LogP contribution is -2.45. The lowest BCUT2D eigenvalue weighted by molar-refractivity contribution is -0.130. The molecule has 5 nitrogen and oxygen atoms in total. The Morgan fingerprint density at radius 3 is 2.44 bits per heavy atom. The van der Waals surface area contributed by atoms with Gasteiger partial charge in [-0.2, -0.15) is 0 Å². The molecule has 2 unspecified atom stereocenters. The van der Waals surface area contributed by atoms with Crippen LogP contribution in [0, 0.1) is 18.3 Å². The van der Waals surface area contributed by atoms with E-state index in [2.05, 4.69) is 16.6 Å². The molecular formula is C13H22N2O3. The van der Waals surface area contributed by atoms with Gasteiger partial charge < -0.3 is 15.7 Å². The Kier molecular flexibility index (Phi) is 7.06. The van der Waals surface area contributed by atoms with Crippen LogP contribution in [0.5, 0.6) is 0 Å². The van der Waals surface area contributed by atoms with Crippen molar-refractivity contribution in [3.05, 3.63) is 0 Å². The average Bonchev–Trinajstić information content (AvgIpc) is 2.32. The summed E-state index contributed by atoms with van der Waals surface area (Å²) in [6.07, 6.45) is 5.51. The normalized spacial score (nSPS) is 15.1. The van der Waals surface area contributed by atoms with Crippen molar-refractivity contribution in [2.24, 2.45) is 5.92 Å².